The average Bonchev–Trinajstić information content (AvgIpc) is 3.92. The van der Waals surface area contributed by atoms with Crippen molar-refractivity contribution in [1.29, 1.82) is 0 Å². The fourth-order valence-corrected chi connectivity index (χ4v) is 9.10. The molecule has 0 aliphatic rings. The summed E-state index contributed by atoms with van der Waals surface area (Å²) in [7, 11) is 0. The molecule has 280 valence electrons. The highest BCUT2D eigenvalue weighted by Crippen LogP contribution is 2.43. The highest BCUT2D eigenvalue weighted by molar-refractivity contribution is 6.15. The molecule has 0 atom stereocenters. The van der Waals surface area contributed by atoms with Crippen LogP contribution in [0.3, 0.4) is 0 Å². The summed E-state index contributed by atoms with van der Waals surface area (Å²) >= 11 is 0. The van der Waals surface area contributed by atoms with Crippen LogP contribution in [0.5, 0.6) is 0 Å². The van der Waals surface area contributed by atoms with E-state index in [1.807, 2.05) is 0 Å². The lowest BCUT2D eigenvalue weighted by molar-refractivity contribution is 0.670. The maximum absolute atomic E-state index is 6.78. The molecule has 0 bridgehead atoms. The number of benzene rings is 9. The average molecular weight is 765 g/mol. The molecule has 3 nitrogen and oxygen atoms in total. The number of hydrogen-bond acceptors (Lipinski definition) is 2. The summed E-state index contributed by atoms with van der Waals surface area (Å²) in [4.78, 5) is 5.41. The quantitative estimate of drug-likeness (QED) is 0.158. The summed E-state index contributed by atoms with van der Waals surface area (Å²) in [5.74, 6) is 0. The monoisotopic (exact) mass is 764 g/mol. The van der Waals surface area contributed by atoms with E-state index in [0.717, 1.165) is 88.8 Å². The third-order valence-electron chi connectivity index (χ3n) is 12.0. The smallest absolute Gasteiger partial charge is 0.146 e. The molecule has 3 heterocycles. The van der Waals surface area contributed by atoms with Gasteiger partial charge in [0, 0.05) is 38.2 Å². The highest BCUT2D eigenvalue weighted by Gasteiger charge is 2.22. The van der Waals surface area contributed by atoms with Crippen molar-refractivity contribution in [2.45, 2.75) is 0 Å². The lowest BCUT2D eigenvalue weighted by Crippen LogP contribution is -1.95. The topological polar surface area (TPSA) is 30.4 Å². The van der Waals surface area contributed by atoms with Gasteiger partial charge in [-0.1, -0.05) is 176 Å². The van der Waals surface area contributed by atoms with Crippen LogP contribution < -0.4 is 0 Å². The molecule has 0 saturated heterocycles. The van der Waals surface area contributed by atoms with E-state index in [1.165, 1.54) is 27.5 Å². The predicted molar refractivity (Wildman–Crippen MR) is 250 cm³/mol. The number of pyridine rings is 1. The van der Waals surface area contributed by atoms with E-state index in [2.05, 4.69) is 223 Å². The normalized spacial score (nSPS) is 11.7. The van der Waals surface area contributed by atoms with Crippen molar-refractivity contribution in [3.8, 4) is 67.0 Å². The second-order valence-corrected chi connectivity index (χ2v) is 15.5. The van der Waals surface area contributed by atoms with Crippen LogP contribution in [0.1, 0.15) is 0 Å². The van der Waals surface area contributed by atoms with Crippen molar-refractivity contribution >= 4 is 49.3 Å². The molecule has 0 aliphatic carbocycles. The Balaban J connectivity index is 1.06. The molecule has 0 radical (unpaired) electrons. The summed E-state index contributed by atoms with van der Waals surface area (Å²) in [6, 6.07) is 78.0. The molecule has 0 unspecified atom stereocenters. The summed E-state index contributed by atoms with van der Waals surface area (Å²) in [6.07, 6.45) is 0. The number of hydrogen-bond donors (Lipinski definition) is 0. The SMILES string of the molecule is c1ccc(-c2ccc3oc4c(-c5cccc(-c6ccc7c(c6)c6ccccc6c6nc(-c8ccccc8)c(-c8ccccc8)n76)c5)cc(-c5ccccc5)cc4c3c2)cc1. The molecular formula is C57H36N2O. The van der Waals surface area contributed by atoms with Crippen molar-refractivity contribution < 1.29 is 4.42 Å². The minimum atomic E-state index is 0.879. The number of aromatic nitrogens is 2. The minimum Gasteiger partial charge on any atom is -0.455 e. The fraction of sp³-hybridized carbons (Fsp3) is 0. The standard InChI is InChI=1S/C57H36N2O/c1-5-16-37(17-6-1)42-29-31-53-50(34-42)51-36-45(38-18-7-2-8-19-38)35-48(56(51)60-53)44-25-15-24-41(32-44)43-28-30-52-49(33-43)46-26-13-14-27-47(46)57-58-54(39-20-9-3-10-21-39)55(59(52)57)40-22-11-4-12-23-40/h1-36H. The van der Waals surface area contributed by atoms with Gasteiger partial charge in [-0.25, -0.2) is 4.98 Å². The number of furan rings is 1. The van der Waals surface area contributed by atoms with Gasteiger partial charge in [0.05, 0.1) is 16.9 Å². The van der Waals surface area contributed by atoms with Crippen LogP contribution in [0.2, 0.25) is 0 Å². The zero-order valence-corrected chi connectivity index (χ0v) is 32.6. The van der Waals surface area contributed by atoms with Gasteiger partial charge in [-0.2, -0.15) is 0 Å². The molecule has 12 rings (SSSR count). The van der Waals surface area contributed by atoms with Gasteiger partial charge < -0.3 is 4.42 Å². The third kappa shape index (κ3) is 5.55. The van der Waals surface area contributed by atoms with Crippen molar-refractivity contribution in [3.05, 3.63) is 218 Å². The van der Waals surface area contributed by atoms with E-state index >= 15 is 0 Å². The van der Waals surface area contributed by atoms with Gasteiger partial charge >= 0.3 is 0 Å². The largest absolute Gasteiger partial charge is 0.455 e. The first-order valence-corrected chi connectivity index (χ1v) is 20.4. The fourth-order valence-electron chi connectivity index (χ4n) is 9.10. The first-order valence-electron chi connectivity index (χ1n) is 20.4. The van der Waals surface area contributed by atoms with E-state index in [-0.39, 0.29) is 0 Å². The number of rotatable bonds is 6. The van der Waals surface area contributed by atoms with Crippen LogP contribution in [0.25, 0.3) is 116 Å². The van der Waals surface area contributed by atoms with Gasteiger partial charge in [0.2, 0.25) is 0 Å². The van der Waals surface area contributed by atoms with Crippen LogP contribution in [-0.2, 0) is 0 Å². The number of nitrogens with zero attached hydrogens (tertiary/aromatic N) is 2. The molecule has 12 aromatic rings. The Morgan fingerprint density at radius 3 is 1.60 bits per heavy atom. The lowest BCUT2D eigenvalue weighted by Gasteiger charge is -2.14. The maximum Gasteiger partial charge on any atom is 0.146 e. The molecule has 0 N–H and O–H groups in total. The van der Waals surface area contributed by atoms with Crippen molar-refractivity contribution in [3.63, 3.8) is 0 Å². The molecule has 0 saturated carbocycles. The molecule has 0 spiro atoms. The molecular weight excluding hydrogens is 729 g/mol. The van der Waals surface area contributed by atoms with Crippen molar-refractivity contribution in [2.75, 3.05) is 0 Å². The summed E-state index contributed by atoms with van der Waals surface area (Å²) in [5, 5.41) is 5.69. The Hall–Kier alpha value is -8.01. The number of imidazole rings is 1. The van der Waals surface area contributed by atoms with Crippen LogP contribution >= 0.6 is 0 Å². The summed E-state index contributed by atoms with van der Waals surface area (Å²) in [6.45, 7) is 0. The predicted octanol–water partition coefficient (Wildman–Crippen LogP) is 15.5. The summed E-state index contributed by atoms with van der Waals surface area (Å²) < 4.78 is 9.15. The molecule has 0 fully saturated rings. The summed E-state index contributed by atoms with van der Waals surface area (Å²) in [5.41, 5.74) is 17.3. The van der Waals surface area contributed by atoms with Crippen molar-refractivity contribution in [1.82, 2.24) is 9.38 Å². The van der Waals surface area contributed by atoms with E-state index in [0.29, 0.717) is 0 Å². The number of fused-ring (bicyclic) bond motifs is 9. The molecule has 0 aliphatic heterocycles. The van der Waals surface area contributed by atoms with Gasteiger partial charge in [0.1, 0.15) is 16.8 Å². The van der Waals surface area contributed by atoms with Crippen LogP contribution in [0, 0.1) is 0 Å². The first-order chi connectivity index (χ1) is 29.7. The van der Waals surface area contributed by atoms with Crippen LogP contribution in [-0.4, -0.2) is 9.38 Å². The Bertz CT molecular complexity index is 3570. The van der Waals surface area contributed by atoms with Gasteiger partial charge in [0.15, 0.2) is 0 Å². The van der Waals surface area contributed by atoms with Crippen LogP contribution in [0.15, 0.2) is 223 Å². The van der Waals surface area contributed by atoms with E-state index in [4.69, 9.17) is 9.40 Å². The Kier molecular flexibility index (Phi) is 7.85. The second kappa shape index (κ2) is 13.8. The molecule has 9 aromatic carbocycles. The molecule has 0 amide bonds. The second-order valence-electron chi connectivity index (χ2n) is 15.5. The van der Waals surface area contributed by atoms with Gasteiger partial charge in [-0.15, -0.1) is 0 Å². The van der Waals surface area contributed by atoms with Crippen molar-refractivity contribution in [2.24, 2.45) is 0 Å². The third-order valence-corrected chi connectivity index (χ3v) is 12.0. The first kappa shape index (κ1) is 34.1. The minimum absolute atomic E-state index is 0.879. The Labute approximate surface area is 347 Å². The maximum atomic E-state index is 6.78. The Morgan fingerprint density at radius 2 is 0.867 bits per heavy atom. The van der Waals surface area contributed by atoms with Gasteiger partial charge in [-0.3, -0.25) is 4.40 Å². The molecule has 3 aromatic heterocycles. The van der Waals surface area contributed by atoms with E-state index in [1.54, 1.807) is 0 Å². The van der Waals surface area contributed by atoms with E-state index in [9.17, 15) is 0 Å². The Morgan fingerprint density at radius 1 is 0.333 bits per heavy atom. The van der Waals surface area contributed by atoms with Gasteiger partial charge in [-0.05, 0) is 86.8 Å². The van der Waals surface area contributed by atoms with E-state index < -0.39 is 0 Å². The van der Waals surface area contributed by atoms with Gasteiger partial charge in [0.25, 0.3) is 0 Å². The molecule has 60 heavy (non-hydrogen) atoms. The zero-order valence-electron chi connectivity index (χ0n) is 32.6. The van der Waals surface area contributed by atoms with Crippen LogP contribution in [0.4, 0.5) is 0 Å². The lowest BCUT2D eigenvalue weighted by atomic mass is 9.93. The molecule has 3 heteroatoms. The zero-order chi connectivity index (χ0) is 39.6. The highest BCUT2D eigenvalue weighted by atomic mass is 16.3.